The molecule has 0 N–H and O–H groups in total. The lowest BCUT2D eigenvalue weighted by Crippen LogP contribution is -2.46. The lowest BCUT2D eigenvalue weighted by molar-refractivity contribution is -0.385. The van der Waals surface area contributed by atoms with Gasteiger partial charge in [-0.1, -0.05) is 6.07 Å². The van der Waals surface area contributed by atoms with Crippen LogP contribution in [0.5, 0.6) is 0 Å². The number of amides is 1. The molecular weight excluding hydrogens is 268 g/mol. The third-order valence-electron chi connectivity index (χ3n) is 3.27. The first kappa shape index (κ1) is 15.4. The number of nitro benzene ring substituents is 1. The molecule has 0 atom stereocenters. The highest BCUT2D eigenvalue weighted by molar-refractivity contribution is 6.18. The van der Waals surface area contributed by atoms with E-state index < -0.39 is 10.5 Å². The number of nitro groups is 1. The molecule has 0 spiro atoms. The normalized spacial score (nSPS) is 11.2. The summed E-state index contributed by atoms with van der Waals surface area (Å²) in [7, 11) is 1.64. The van der Waals surface area contributed by atoms with Crippen molar-refractivity contribution in [1.29, 1.82) is 0 Å². The molecule has 0 aromatic heterocycles. The minimum Gasteiger partial charge on any atom is -0.335 e. The van der Waals surface area contributed by atoms with Crippen LogP contribution in [0.1, 0.15) is 29.8 Å². The van der Waals surface area contributed by atoms with E-state index in [0.29, 0.717) is 11.1 Å². The maximum Gasteiger partial charge on any atom is 0.273 e. The molecule has 0 aliphatic rings. The standard InChI is InChI=1S/C13H17ClN2O3/c1-9-10(6-5-7-11(9)16(18)19)12(17)15(4)13(2,3)8-14/h5-7H,8H2,1-4H3. The first-order valence-corrected chi connectivity index (χ1v) is 6.34. The van der Waals surface area contributed by atoms with Gasteiger partial charge in [0.2, 0.25) is 0 Å². The Morgan fingerprint density at radius 1 is 1.47 bits per heavy atom. The van der Waals surface area contributed by atoms with Crippen molar-refractivity contribution >= 4 is 23.2 Å². The summed E-state index contributed by atoms with van der Waals surface area (Å²) in [5, 5.41) is 10.9. The number of hydrogen-bond acceptors (Lipinski definition) is 3. The smallest absolute Gasteiger partial charge is 0.273 e. The zero-order chi connectivity index (χ0) is 14.8. The Morgan fingerprint density at radius 3 is 2.53 bits per heavy atom. The van der Waals surface area contributed by atoms with Gasteiger partial charge in [-0.15, -0.1) is 11.6 Å². The number of carbonyl (C=O) groups is 1. The van der Waals surface area contributed by atoms with Crippen molar-refractivity contribution in [2.45, 2.75) is 26.3 Å². The Hall–Kier alpha value is -1.62. The summed E-state index contributed by atoms with van der Waals surface area (Å²) < 4.78 is 0. The summed E-state index contributed by atoms with van der Waals surface area (Å²) in [6.45, 7) is 5.25. The number of carbonyl (C=O) groups excluding carboxylic acids is 1. The summed E-state index contributed by atoms with van der Waals surface area (Å²) in [5.74, 6) is 0.00953. The molecule has 0 saturated heterocycles. The van der Waals surface area contributed by atoms with E-state index in [0.717, 1.165) is 0 Å². The summed E-state index contributed by atoms with van der Waals surface area (Å²) in [6.07, 6.45) is 0. The zero-order valence-electron chi connectivity index (χ0n) is 11.4. The van der Waals surface area contributed by atoms with Gasteiger partial charge in [0.1, 0.15) is 0 Å². The lowest BCUT2D eigenvalue weighted by Gasteiger charge is -2.34. The van der Waals surface area contributed by atoms with Gasteiger partial charge in [0.15, 0.2) is 0 Å². The van der Waals surface area contributed by atoms with Crippen LogP contribution >= 0.6 is 11.6 Å². The van der Waals surface area contributed by atoms with E-state index in [4.69, 9.17) is 11.6 Å². The molecule has 0 aliphatic heterocycles. The fourth-order valence-corrected chi connectivity index (χ4v) is 1.78. The van der Waals surface area contributed by atoms with Crippen LogP contribution in [-0.2, 0) is 0 Å². The second-order valence-electron chi connectivity index (χ2n) is 5.02. The predicted octanol–water partition coefficient (Wildman–Crippen LogP) is 2.99. The van der Waals surface area contributed by atoms with Gasteiger partial charge in [0, 0.05) is 30.1 Å². The van der Waals surface area contributed by atoms with Gasteiger partial charge in [-0.2, -0.15) is 0 Å². The van der Waals surface area contributed by atoms with E-state index in [-0.39, 0.29) is 17.5 Å². The molecule has 6 heteroatoms. The Bertz CT molecular complexity index is 515. The first-order chi connectivity index (χ1) is 8.72. The largest absolute Gasteiger partial charge is 0.335 e. The van der Waals surface area contributed by atoms with Gasteiger partial charge in [-0.25, -0.2) is 0 Å². The Kier molecular flexibility index (Phi) is 4.52. The second-order valence-corrected chi connectivity index (χ2v) is 5.28. The van der Waals surface area contributed by atoms with Crippen molar-refractivity contribution in [3.63, 3.8) is 0 Å². The summed E-state index contributed by atoms with van der Waals surface area (Å²) in [5.41, 5.74) is 0.128. The molecule has 0 radical (unpaired) electrons. The minimum atomic E-state index is -0.518. The molecule has 19 heavy (non-hydrogen) atoms. The maximum atomic E-state index is 12.4. The highest BCUT2D eigenvalue weighted by Crippen LogP contribution is 2.24. The highest BCUT2D eigenvalue weighted by Gasteiger charge is 2.29. The number of rotatable bonds is 4. The number of alkyl halides is 1. The van der Waals surface area contributed by atoms with Crippen LogP contribution in [0.25, 0.3) is 0 Å². The molecule has 1 aromatic carbocycles. The Labute approximate surface area is 117 Å². The maximum absolute atomic E-state index is 12.4. The van der Waals surface area contributed by atoms with Crippen molar-refractivity contribution < 1.29 is 9.72 Å². The third kappa shape index (κ3) is 3.04. The lowest BCUT2D eigenvalue weighted by atomic mass is 10.0. The molecule has 0 aliphatic carbocycles. The fraction of sp³-hybridized carbons (Fsp3) is 0.462. The Morgan fingerprint density at radius 2 is 2.05 bits per heavy atom. The van der Waals surface area contributed by atoms with Crippen LogP contribution < -0.4 is 0 Å². The van der Waals surface area contributed by atoms with Gasteiger partial charge >= 0.3 is 0 Å². The van der Waals surface area contributed by atoms with Crippen molar-refractivity contribution in [2.24, 2.45) is 0 Å². The van der Waals surface area contributed by atoms with E-state index in [1.807, 2.05) is 13.8 Å². The van der Waals surface area contributed by atoms with Crippen LogP contribution in [0.2, 0.25) is 0 Å². The van der Waals surface area contributed by atoms with Crippen LogP contribution in [0.15, 0.2) is 18.2 Å². The van der Waals surface area contributed by atoms with Gasteiger partial charge in [0.05, 0.1) is 10.5 Å². The fourth-order valence-electron chi connectivity index (χ4n) is 1.60. The van der Waals surface area contributed by atoms with E-state index in [1.54, 1.807) is 20.0 Å². The van der Waals surface area contributed by atoms with Crippen molar-refractivity contribution in [2.75, 3.05) is 12.9 Å². The van der Waals surface area contributed by atoms with Crippen molar-refractivity contribution in [1.82, 2.24) is 4.90 Å². The molecule has 1 amide bonds. The minimum absolute atomic E-state index is 0.0528. The molecule has 0 unspecified atom stereocenters. The monoisotopic (exact) mass is 284 g/mol. The zero-order valence-corrected chi connectivity index (χ0v) is 12.2. The Balaban J connectivity index is 3.21. The quantitative estimate of drug-likeness (QED) is 0.485. The summed E-state index contributed by atoms with van der Waals surface area (Å²) in [4.78, 5) is 24.3. The molecule has 1 aromatic rings. The van der Waals surface area contributed by atoms with Crippen molar-refractivity contribution in [3.8, 4) is 0 Å². The van der Waals surface area contributed by atoms with Gasteiger partial charge < -0.3 is 4.90 Å². The van der Waals surface area contributed by atoms with Crippen molar-refractivity contribution in [3.05, 3.63) is 39.4 Å². The van der Waals surface area contributed by atoms with Gasteiger partial charge in [0.25, 0.3) is 11.6 Å². The molecule has 104 valence electrons. The predicted molar refractivity (Wildman–Crippen MR) is 74.7 cm³/mol. The second kappa shape index (κ2) is 5.57. The summed E-state index contributed by atoms with van der Waals surface area (Å²) >= 11 is 5.84. The number of nitrogens with zero attached hydrogens (tertiary/aromatic N) is 2. The molecule has 0 bridgehead atoms. The van der Waals surface area contributed by atoms with Crippen LogP contribution in [-0.4, -0.2) is 34.2 Å². The van der Waals surface area contributed by atoms with E-state index in [1.165, 1.54) is 17.0 Å². The van der Waals surface area contributed by atoms with E-state index in [9.17, 15) is 14.9 Å². The average molecular weight is 285 g/mol. The number of benzene rings is 1. The van der Waals surface area contributed by atoms with Gasteiger partial charge in [-0.05, 0) is 26.8 Å². The molecular formula is C13H17ClN2O3. The molecule has 0 fully saturated rings. The van der Waals surface area contributed by atoms with Crippen LogP contribution in [0.4, 0.5) is 5.69 Å². The SMILES string of the molecule is Cc1c(C(=O)N(C)C(C)(C)CCl)cccc1[N+](=O)[O-]. The van der Waals surface area contributed by atoms with Crippen LogP contribution in [0, 0.1) is 17.0 Å². The molecule has 0 saturated carbocycles. The number of hydrogen-bond donors (Lipinski definition) is 0. The number of halogens is 1. The first-order valence-electron chi connectivity index (χ1n) is 5.80. The molecule has 5 nitrogen and oxygen atoms in total. The van der Waals surface area contributed by atoms with Gasteiger partial charge in [-0.3, -0.25) is 14.9 Å². The molecule has 1 rings (SSSR count). The van der Waals surface area contributed by atoms with Crippen LogP contribution in [0.3, 0.4) is 0 Å². The average Bonchev–Trinajstić information content (AvgIpc) is 2.36. The van der Waals surface area contributed by atoms with E-state index >= 15 is 0 Å². The topological polar surface area (TPSA) is 63.5 Å². The highest BCUT2D eigenvalue weighted by atomic mass is 35.5. The molecule has 0 heterocycles. The summed E-state index contributed by atoms with van der Waals surface area (Å²) in [6, 6.07) is 4.49. The van der Waals surface area contributed by atoms with E-state index in [2.05, 4.69) is 0 Å². The third-order valence-corrected chi connectivity index (χ3v) is 3.93.